The molecule has 2 aliphatic carbocycles. The van der Waals surface area contributed by atoms with Crippen molar-refractivity contribution in [3.63, 3.8) is 0 Å². The van der Waals surface area contributed by atoms with Gasteiger partial charge < -0.3 is 4.90 Å². The van der Waals surface area contributed by atoms with Crippen molar-refractivity contribution >= 4 is 17.7 Å². The van der Waals surface area contributed by atoms with Gasteiger partial charge in [-0.1, -0.05) is 6.42 Å². The van der Waals surface area contributed by atoms with Crippen LogP contribution in [0.2, 0.25) is 0 Å². The molecule has 0 aromatic rings. The van der Waals surface area contributed by atoms with Gasteiger partial charge in [0.1, 0.15) is 12.6 Å². The maximum atomic E-state index is 12.3. The quantitative estimate of drug-likeness (QED) is 0.647. The molecule has 1 heterocycles. The zero-order chi connectivity index (χ0) is 12.2. The first-order valence-electron chi connectivity index (χ1n) is 6.24. The lowest BCUT2D eigenvalue weighted by atomic mass is 10.1. The molecule has 0 spiro atoms. The summed E-state index contributed by atoms with van der Waals surface area (Å²) in [7, 11) is 0. The fourth-order valence-electron chi connectivity index (χ4n) is 3.36. The van der Waals surface area contributed by atoms with Crippen LogP contribution in [0.1, 0.15) is 26.2 Å². The fourth-order valence-corrected chi connectivity index (χ4v) is 3.36. The van der Waals surface area contributed by atoms with Gasteiger partial charge in [-0.2, -0.15) is 0 Å². The number of rotatable bonds is 1. The molecule has 3 aliphatic rings. The smallest absolute Gasteiger partial charge is 0.249 e. The Labute approximate surface area is 99.5 Å². The molecule has 0 aromatic heterocycles. The van der Waals surface area contributed by atoms with Crippen LogP contribution in [0.3, 0.4) is 0 Å². The first kappa shape index (κ1) is 10.7. The summed E-state index contributed by atoms with van der Waals surface area (Å²) in [6, 6.07) is -0.512. The molecule has 0 bridgehead atoms. The second kappa shape index (κ2) is 3.55. The molecule has 5 nitrogen and oxygen atoms in total. The molecule has 1 N–H and O–H groups in total. The highest BCUT2D eigenvalue weighted by Gasteiger charge is 2.58. The van der Waals surface area contributed by atoms with Crippen LogP contribution in [-0.2, 0) is 14.4 Å². The summed E-state index contributed by atoms with van der Waals surface area (Å²) in [5.74, 6) is 0.414. The van der Waals surface area contributed by atoms with Crippen molar-refractivity contribution < 1.29 is 14.4 Å². The number of carbonyl (C=O) groups is 3. The minimum Gasteiger partial charge on any atom is -0.321 e. The minimum absolute atomic E-state index is 0.00963. The highest BCUT2D eigenvalue weighted by atomic mass is 16.2. The summed E-state index contributed by atoms with van der Waals surface area (Å²) in [6.07, 6.45) is 3.47. The lowest BCUT2D eigenvalue weighted by Gasteiger charge is -2.32. The van der Waals surface area contributed by atoms with Crippen LogP contribution >= 0.6 is 0 Å². The van der Waals surface area contributed by atoms with E-state index in [4.69, 9.17) is 0 Å². The van der Waals surface area contributed by atoms with Crippen molar-refractivity contribution in [1.29, 1.82) is 0 Å². The van der Waals surface area contributed by atoms with Gasteiger partial charge in [-0.25, -0.2) is 0 Å². The lowest BCUT2D eigenvalue weighted by molar-refractivity contribution is -0.150. The molecule has 2 saturated carbocycles. The number of piperazine rings is 1. The molecular formula is C12H16N2O3. The van der Waals surface area contributed by atoms with Crippen LogP contribution in [0.5, 0.6) is 0 Å². The maximum Gasteiger partial charge on any atom is 0.249 e. The standard InChI is InChI=1S/C12H16N2O3/c1-6-11(16)13-9(15)5-14(6)12(17)10-7-3-2-4-8(7)10/h6-8,10H,2-5H2,1H3,(H,13,15,16). The number of amides is 3. The molecule has 92 valence electrons. The van der Waals surface area contributed by atoms with Gasteiger partial charge in [0, 0.05) is 5.92 Å². The van der Waals surface area contributed by atoms with Crippen molar-refractivity contribution in [2.24, 2.45) is 17.8 Å². The molecule has 1 saturated heterocycles. The number of fused-ring (bicyclic) bond motifs is 1. The predicted molar refractivity (Wildman–Crippen MR) is 58.6 cm³/mol. The number of nitrogens with one attached hydrogen (secondary N) is 1. The van der Waals surface area contributed by atoms with Gasteiger partial charge in [0.2, 0.25) is 17.7 Å². The molecule has 0 aromatic carbocycles. The number of hydrogen-bond acceptors (Lipinski definition) is 3. The van der Waals surface area contributed by atoms with Gasteiger partial charge in [-0.05, 0) is 31.6 Å². The highest BCUT2D eigenvalue weighted by Crippen LogP contribution is 2.58. The average Bonchev–Trinajstić information content (AvgIpc) is 2.76. The first-order valence-corrected chi connectivity index (χ1v) is 6.24. The van der Waals surface area contributed by atoms with Gasteiger partial charge >= 0.3 is 0 Å². The Bertz CT molecular complexity index is 397. The number of hydrogen-bond donors (Lipinski definition) is 1. The van der Waals surface area contributed by atoms with E-state index in [0.717, 1.165) is 12.8 Å². The Hall–Kier alpha value is -1.39. The van der Waals surface area contributed by atoms with Gasteiger partial charge in [0.15, 0.2) is 0 Å². The Morgan fingerprint density at radius 2 is 1.94 bits per heavy atom. The third kappa shape index (κ3) is 1.56. The third-order valence-electron chi connectivity index (χ3n) is 4.40. The van der Waals surface area contributed by atoms with Crippen LogP contribution in [0, 0.1) is 17.8 Å². The Morgan fingerprint density at radius 1 is 1.29 bits per heavy atom. The molecule has 3 rings (SSSR count). The van der Waals surface area contributed by atoms with E-state index < -0.39 is 6.04 Å². The second-order valence-corrected chi connectivity index (χ2v) is 5.34. The van der Waals surface area contributed by atoms with E-state index in [9.17, 15) is 14.4 Å². The van der Waals surface area contributed by atoms with E-state index in [2.05, 4.69) is 5.32 Å². The van der Waals surface area contributed by atoms with Gasteiger partial charge in [-0.15, -0.1) is 0 Å². The highest BCUT2D eigenvalue weighted by molar-refractivity contribution is 6.04. The molecule has 0 radical (unpaired) electrons. The molecule has 3 amide bonds. The van der Waals surface area contributed by atoms with E-state index in [-0.39, 0.29) is 30.2 Å². The Morgan fingerprint density at radius 3 is 2.59 bits per heavy atom. The van der Waals surface area contributed by atoms with E-state index in [1.807, 2.05) is 0 Å². The van der Waals surface area contributed by atoms with Crippen LogP contribution in [0.15, 0.2) is 0 Å². The number of carbonyl (C=O) groups excluding carboxylic acids is 3. The SMILES string of the molecule is CC1C(=O)NC(=O)CN1C(=O)C1C2CCCC21. The summed E-state index contributed by atoms with van der Waals surface area (Å²) in [5, 5.41) is 2.25. The lowest BCUT2D eigenvalue weighted by Crippen LogP contribution is -2.59. The molecular weight excluding hydrogens is 220 g/mol. The average molecular weight is 236 g/mol. The van der Waals surface area contributed by atoms with Gasteiger partial charge in [0.25, 0.3) is 0 Å². The Kier molecular flexibility index (Phi) is 2.24. The van der Waals surface area contributed by atoms with Crippen molar-refractivity contribution in [3.05, 3.63) is 0 Å². The maximum absolute atomic E-state index is 12.3. The molecule has 5 heteroatoms. The Balaban J connectivity index is 1.73. The van der Waals surface area contributed by atoms with E-state index in [1.54, 1.807) is 6.92 Å². The second-order valence-electron chi connectivity index (χ2n) is 5.34. The topological polar surface area (TPSA) is 66.5 Å². The summed E-state index contributed by atoms with van der Waals surface area (Å²) in [5.41, 5.74) is 0. The van der Waals surface area contributed by atoms with Crippen LogP contribution in [0.4, 0.5) is 0 Å². The minimum atomic E-state index is -0.512. The van der Waals surface area contributed by atoms with Crippen molar-refractivity contribution in [3.8, 4) is 0 Å². The third-order valence-corrected chi connectivity index (χ3v) is 4.40. The molecule has 3 atom stereocenters. The van der Waals surface area contributed by atoms with Crippen LogP contribution < -0.4 is 5.32 Å². The van der Waals surface area contributed by atoms with Crippen molar-refractivity contribution in [2.45, 2.75) is 32.2 Å². The first-order chi connectivity index (χ1) is 8.09. The summed E-state index contributed by atoms with van der Waals surface area (Å²) in [6.45, 7) is 1.71. The van der Waals surface area contributed by atoms with Crippen LogP contribution in [-0.4, -0.2) is 35.2 Å². The van der Waals surface area contributed by atoms with Gasteiger partial charge in [0.05, 0.1) is 0 Å². The fraction of sp³-hybridized carbons (Fsp3) is 0.750. The summed E-state index contributed by atoms with van der Waals surface area (Å²) < 4.78 is 0. The largest absolute Gasteiger partial charge is 0.321 e. The predicted octanol–water partition coefficient (Wildman–Crippen LogP) is -0.0940. The monoisotopic (exact) mass is 236 g/mol. The number of nitrogens with zero attached hydrogens (tertiary/aromatic N) is 1. The molecule has 3 unspecified atom stereocenters. The summed E-state index contributed by atoms with van der Waals surface area (Å²) in [4.78, 5) is 36.5. The van der Waals surface area contributed by atoms with Crippen molar-refractivity contribution in [1.82, 2.24) is 10.2 Å². The summed E-state index contributed by atoms with van der Waals surface area (Å²) >= 11 is 0. The molecule has 17 heavy (non-hydrogen) atoms. The van der Waals surface area contributed by atoms with Gasteiger partial charge in [-0.3, -0.25) is 19.7 Å². The van der Waals surface area contributed by atoms with Crippen LogP contribution in [0.25, 0.3) is 0 Å². The zero-order valence-electron chi connectivity index (χ0n) is 9.81. The number of imide groups is 1. The van der Waals surface area contributed by atoms with E-state index >= 15 is 0 Å². The van der Waals surface area contributed by atoms with E-state index in [1.165, 1.54) is 11.3 Å². The normalized spacial score (nSPS) is 39.9. The van der Waals surface area contributed by atoms with Crippen molar-refractivity contribution in [2.75, 3.05) is 6.54 Å². The molecule has 3 fully saturated rings. The molecule has 1 aliphatic heterocycles. The zero-order valence-corrected chi connectivity index (χ0v) is 9.81. The van der Waals surface area contributed by atoms with E-state index in [0.29, 0.717) is 11.8 Å².